The molecule has 0 aromatic rings. The van der Waals surface area contributed by atoms with Crippen molar-refractivity contribution in [3.05, 3.63) is 0 Å². The van der Waals surface area contributed by atoms with Crippen LogP contribution < -0.4 is 54.0 Å². The van der Waals surface area contributed by atoms with Crippen LogP contribution in [0.3, 0.4) is 0 Å². The molecule has 0 heterocycles. The van der Waals surface area contributed by atoms with Crippen LogP contribution in [0.25, 0.3) is 0 Å². The predicted octanol–water partition coefficient (Wildman–Crippen LogP) is -13.2. The minimum Gasteiger partial charge on any atom is -0.550 e. The molecule has 0 aliphatic heterocycles. The molecule has 0 radical (unpaired) electrons. The fourth-order valence-electron chi connectivity index (χ4n) is 0.283. The summed E-state index contributed by atoms with van der Waals surface area (Å²) in [6, 6.07) is 0. The van der Waals surface area contributed by atoms with E-state index in [9.17, 15) is 0 Å². The number of rotatable bonds is 3. The van der Waals surface area contributed by atoms with E-state index in [4.69, 9.17) is 59.4 Å². The maximum absolute atomic E-state index is 8.89. The average Bonchev–Trinajstić information content (AvgIpc) is 2.41. The number of carboxylic acid groups (broad SMARTS) is 6. The molecule has 0 aliphatic rings. The molecule has 0 fully saturated rings. The van der Waals surface area contributed by atoms with Gasteiger partial charge in [0.25, 0.3) is 0 Å². The van der Waals surface area contributed by atoms with E-state index in [0.29, 0.717) is 0 Å². The maximum Gasteiger partial charge on any atom is 2.00 e. The van der Waals surface area contributed by atoms with E-state index in [1.807, 2.05) is 0 Å². The van der Waals surface area contributed by atoms with Gasteiger partial charge in [0.2, 0.25) is 0 Å². The van der Waals surface area contributed by atoms with E-state index >= 15 is 0 Å². The summed E-state index contributed by atoms with van der Waals surface area (Å²) >= 11 is 0. The van der Waals surface area contributed by atoms with Gasteiger partial charge in [0.15, 0.2) is 0 Å². The number of carbonyl (C=O) groups is 6. The number of aliphatic carboxylic acids is 6. The van der Waals surface area contributed by atoms with Gasteiger partial charge in [-0.05, 0) is 51.8 Å². The fraction of sp³-hybridized carbons (Fsp3) is 0.571. The molecule has 12 N–H and O–H groups in total. The number of hydrogen-bond acceptors (Lipinski definition) is 14. The molecule has 33 heavy (non-hydrogen) atoms. The second-order valence-electron chi connectivity index (χ2n) is 4.74. The molecule has 18 nitrogen and oxygen atoms in total. The van der Waals surface area contributed by atoms with Crippen LogP contribution >= 0.6 is 0 Å². The van der Waals surface area contributed by atoms with Crippen molar-refractivity contribution in [2.45, 2.75) is 41.5 Å². The average molecular weight is 534 g/mol. The molecule has 0 saturated carbocycles. The Morgan fingerprint density at radius 3 is 0.545 bits per heavy atom. The zero-order chi connectivity index (χ0) is 28.0. The minimum atomic E-state index is -1.08. The van der Waals surface area contributed by atoms with Gasteiger partial charge in [0.1, 0.15) is 13.1 Å². The van der Waals surface area contributed by atoms with Crippen molar-refractivity contribution in [3.8, 4) is 0 Å². The number of hydrogen-bond donors (Lipinski definition) is 4. The molecular formula is C14H34FeN6O12. The Morgan fingerprint density at radius 2 is 0.515 bits per heavy atom. The standard InChI is InChI=1S/C2H12N6.6C2H4O2.Fe/c3-7(4)1-2-8(5)6;6*1-2(3)4;/h1-6H2;6*1H3,(H,3,4);/q;;;;;;;+2/p-2. The molecule has 0 spiro atoms. The molecule has 0 aromatic heterocycles. The molecule has 0 atom stereocenters. The van der Waals surface area contributed by atoms with E-state index in [-0.39, 0.29) is 17.1 Å². The zero-order valence-electron chi connectivity index (χ0n) is 19.4. The van der Waals surface area contributed by atoms with Crippen LogP contribution in [-0.4, -0.2) is 59.1 Å². The third-order valence-electron chi connectivity index (χ3n) is 0.732. The molecule has 0 bridgehead atoms. The third-order valence-corrected chi connectivity index (χ3v) is 0.732. The van der Waals surface area contributed by atoms with E-state index in [1.54, 1.807) is 10.2 Å². The topological polar surface area (TPSA) is 358 Å². The maximum atomic E-state index is 8.89. The molecule has 19 heteroatoms. The van der Waals surface area contributed by atoms with Crippen LogP contribution in [0, 0.1) is 0 Å². The largest absolute Gasteiger partial charge is 2.00 e. The first-order valence-corrected chi connectivity index (χ1v) is 7.85. The van der Waals surface area contributed by atoms with E-state index in [1.165, 1.54) is 0 Å². The number of carbonyl (C=O) groups excluding carboxylic acids is 6. The summed E-state index contributed by atoms with van der Waals surface area (Å²) in [6.45, 7) is 7.43. The van der Waals surface area contributed by atoms with Gasteiger partial charge < -0.3 is 59.4 Å². The molecule has 0 amide bonds. The van der Waals surface area contributed by atoms with Gasteiger partial charge in [-0.3, -0.25) is 0 Å². The second kappa shape index (κ2) is 43.1. The first-order valence-electron chi connectivity index (χ1n) is 7.85. The Morgan fingerprint density at radius 1 is 0.455 bits per heavy atom. The smallest absolute Gasteiger partial charge is 0.550 e. The van der Waals surface area contributed by atoms with Crippen molar-refractivity contribution in [2.24, 2.45) is 0 Å². The summed E-state index contributed by atoms with van der Waals surface area (Å²) < 4.78 is 0. The van der Waals surface area contributed by atoms with Crippen molar-refractivity contribution in [2.75, 3.05) is 13.1 Å². The Hall–Kier alpha value is -2.90. The van der Waals surface area contributed by atoms with Crippen molar-refractivity contribution >= 4 is 35.8 Å². The van der Waals surface area contributed by atoms with E-state index in [0.717, 1.165) is 54.6 Å². The summed E-state index contributed by atoms with van der Waals surface area (Å²) in [4.78, 5) is 53.3. The molecule has 200 valence electrons. The monoisotopic (exact) mass is 534 g/mol. The first-order chi connectivity index (χ1) is 14.0. The molecular weight excluding hydrogens is 500 g/mol. The van der Waals surface area contributed by atoms with Crippen molar-refractivity contribution in [1.29, 1.82) is 0 Å². The predicted molar refractivity (Wildman–Crippen MR) is 89.1 cm³/mol. The summed E-state index contributed by atoms with van der Waals surface area (Å²) in [7, 11) is 0. The number of nitrogens with zero attached hydrogens (tertiary/aromatic N) is 2. The van der Waals surface area contributed by atoms with Crippen molar-refractivity contribution in [3.63, 3.8) is 0 Å². The number of carboxylic acids is 6. The van der Waals surface area contributed by atoms with Crippen LogP contribution in [0.2, 0.25) is 0 Å². The first kappa shape index (κ1) is 52.2. The second-order valence-corrected chi connectivity index (χ2v) is 4.74. The van der Waals surface area contributed by atoms with Gasteiger partial charge in [-0.1, -0.05) is 0 Å². The molecule has 0 unspecified atom stereocenters. The van der Waals surface area contributed by atoms with Crippen LogP contribution in [0.5, 0.6) is 0 Å². The van der Waals surface area contributed by atoms with Crippen LogP contribution in [-0.2, 0) is 45.8 Å². The van der Waals surface area contributed by atoms with Crippen LogP contribution in [0.4, 0.5) is 0 Å². The molecule has 0 aliphatic carbocycles. The van der Waals surface area contributed by atoms with Gasteiger partial charge in [0.05, 0.1) is 0 Å². The van der Waals surface area contributed by atoms with Gasteiger partial charge in [-0.15, -0.1) is 0 Å². The summed E-state index contributed by atoms with van der Waals surface area (Å²) in [5.74, 6) is 7.70. The SMILES string of the molecule is CC(=O)[O-].CC(=O)[O-].CC(=O)[O-].CC(=O)[O-].CC(=O)[O-].CC(=O)[O-].[Fe+2].[NH3+]N([NH3+])CCN([NH3+])[NH3+]. The third kappa shape index (κ3) is 4850. The van der Waals surface area contributed by atoms with Crippen molar-refractivity contribution < 1.29 is 99.8 Å². The Bertz CT molecular complexity index is 382. The molecule has 0 aromatic carbocycles. The van der Waals surface area contributed by atoms with Crippen LogP contribution in [0.1, 0.15) is 41.5 Å². The summed E-state index contributed by atoms with van der Waals surface area (Å²) in [5.41, 5.74) is 0. The van der Waals surface area contributed by atoms with E-state index < -0.39 is 35.8 Å². The van der Waals surface area contributed by atoms with Gasteiger partial charge >= 0.3 is 17.1 Å². The normalized spacial score (nSPS) is 7.27. The Balaban J connectivity index is -0.0000000375. The molecule has 0 saturated heterocycles. The Labute approximate surface area is 201 Å². The van der Waals surface area contributed by atoms with Gasteiger partial charge in [0, 0.05) is 35.8 Å². The molecule has 0 rings (SSSR count). The van der Waals surface area contributed by atoms with Crippen molar-refractivity contribution in [1.82, 2.24) is 10.2 Å². The Kier molecular flexibility index (Phi) is 68.1. The van der Waals surface area contributed by atoms with Crippen LogP contribution in [0.15, 0.2) is 0 Å². The zero-order valence-corrected chi connectivity index (χ0v) is 20.5. The minimum absolute atomic E-state index is 0. The van der Waals surface area contributed by atoms with E-state index in [2.05, 4.69) is 23.4 Å². The quantitative estimate of drug-likeness (QED) is 0.193. The summed E-state index contributed by atoms with van der Waals surface area (Å²) in [6.07, 6.45) is 0. The summed E-state index contributed by atoms with van der Waals surface area (Å²) in [5, 5.41) is 56.5. The van der Waals surface area contributed by atoms with Gasteiger partial charge in [-0.25, -0.2) is 23.4 Å². The fourth-order valence-corrected chi connectivity index (χ4v) is 0.283. The number of quaternary nitrogens is 4. The van der Waals surface area contributed by atoms with Gasteiger partial charge in [-0.2, -0.15) is 0 Å².